The number of fused-ring (bicyclic) bond motifs is 1. The second-order valence-electron chi connectivity index (χ2n) is 7.36. The van der Waals surface area contributed by atoms with Crippen LogP contribution in [-0.4, -0.2) is 24.2 Å². The van der Waals surface area contributed by atoms with Gasteiger partial charge in [-0.1, -0.05) is 12.1 Å². The third-order valence-corrected chi connectivity index (χ3v) is 6.29. The molecule has 156 valence electrons. The van der Waals surface area contributed by atoms with Crippen LogP contribution in [-0.2, 0) is 23.4 Å². The maximum atomic E-state index is 12.3. The number of nitrogens with zero attached hydrogens (tertiary/aromatic N) is 2. The van der Waals surface area contributed by atoms with Crippen LogP contribution in [0.25, 0.3) is 22.0 Å². The highest BCUT2D eigenvalue weighted by Gasteiger charge is 2.17. The number of aromatic nitrogens is 2. The van der Waals surface area contributed by atoms with Crippen LogP contribution in [0.1, 0.15) is 11.1 Å². The lowest BCUT2D eigenvalue weighted by Gasteiger charge is -2.14. The number of aryl methyl sites for hydroxylation is 1. The molecule has 31 heavy (non-hydrogen) atoms. The molecule has 0 saturated heterocycles. The van der Waals surface area contributed by atoms with Gasteiger partial charge >= 0.3 is 0 Å². The van der Waals surface area contributed by atoms with E-state index in [1.807, 2.05) is 24.4 Å². The van der Waals surface area contributed by atoms with Crippen LogP contribution >= 0.6 is 0 Å². The number of sulfone groups is 1. The van der Waals surface area contributed by atoms with Crippen molar-refractivity contribution in [3.63, 3.8) is 0 Å². The van der Waals surface area contributed by atoms with Gasteiger partial charge in [0.25, 0.3) is 5.56 Å². The summed E-state index contributed by atoms with van der Waals surface area (Å²) in [6, 6.07) is 16.1. The van der Waals surface area contributed by atoms with Gasteiger partial charge in [-0.3, -0.25) is 4.79 Å². The van der Waals surface area contributed by atoms with Gasteiger partial charge in [-0.25, -0.2) is 8.42 Å². The Kier molecular flexibility index (Phi) is 5.13. The first-order chi connectivity index (χ1) is 14.8. The Bertz CT molecular complexity index is 1490. The normalized spacial score (nSPS) is 11.4. The van der Waals surface area contributed by atoms with Crippen molar-refractivity contribution in [2.75, 3.05) is 11.6 Å². The fourth-order valence-electron chi connectivity index (χ4n) is 3.61. The molecule has 2 heterocycles. The molecule has 0 aliphatic carbocycles. The zero-order valence-corrected chi connectivity index (χ0v) is 17.8. The van der Waals surface area contributed by atoms with Crippen LogP contribution in [0.2, 0.25) is 0 Å². The van der Waals surface area contributed by atoms with E-state index in [4.69, 9.17) is 5.26 Å². The quantitative estimate of drug-likeness (QED) is 0.502. The molecular formula is C23H20N4O3S. The number of anilines is 1. The monoisotopic (exact) mass is 432 g/mol. The van der Waals surface area contributed by atoms with Crippen LogP contribution in [0, 0.1) is 11.3 Å². The van der Waals surface area contributed by atoms with Crippen LogP contribution in [0.5, 0.6) is 0 Å². The molecule has 0 saturated carbocycles. The SMILES string of the molecule is Cn1cc(-c2cc(S(C)(=O)=O)ccc2NCc2ccc(C#N)cc2)c2cc[nH]c(=O)c21. The van der Waals surface area contributed by atoms with E-state index in [0.717, 1.165) is 22.2 Å². The molecule has 4 rings (SSSR count). The van der Waals surface area contributed by atoms with Crippen molar-refractivity contribution in [1.82, 2.24) is 9.55 Å². The molecule has 0 atom stereocenters. The Labute approximate surface area is 179 Å². The average molecular weight is 433 g/mol. The molecule has 2 aromatic carbocycles. The van der Waals surface area contributed by atoms with Gasteiger partial charge in [-0.2, -0.15) is 5.26 Å². The Morgan fingerprint density at radius 3 is 2.52 bits per heavy atom. The van der Waals surface area contributed by atoms with Crippen molar-refractivity contribution in [3.05, 3.63) is 82.4 Å². The molecule has 2 N–H and O–H groups in total. The molecule has 7 nitrogen and oxygen atoms in total. The van der Waals surface area contributed by atoms with Crippen molar-refractivity contribution in [3.8, 4) is 17.2 Å². The summed E-state index contributed by atoms with van der Waals surface area (Å²) in [5.41, 5.74) is 4.06. The molecule has 0 aliphatic rings. The molecule has 0 unspecified atom stereocenters. The molecule has 2 aromatic heterocycles. The fraction of sp³-hybridized carbons (Fsp3) is 0.130. The van der Waals surface area contributed by atoms with Crippen LogP contribution < -0.4 is 10.9 Å². The Hall–Kier alpha value is -3.83. The third-order valence-electron chi connectivity index (χ3n) is 5.18. The van der Waals surface area contributed by atoms with Gasteiger partial charge < -0.3 is 14.9 Å². The number of hydrogen-bond acceptors (Lipinski definition) is 5. The van der Waals surface area contributed by atoms with E-state index in [-0.39, 0.29) is 10.5 Å². The number of H-pyrrole nitrogens is 1. The molecule has 0 spiro atoms. The minimum Gasteiger partial charge on any atom is -0.380 e. The van der Waals surface area contributed by atoms with Crippen LogP contribution in [0.4, 0.5) is 5.69 Å². The van der Waals surface area contributed by atoms with E-state index < -0.39 is 9.84 Å². The Morgan fingerprint density at radius 2 is 1.84 bits per heavy atom. The largest absolute Gasteiger partial charge is 0.380 e. The number of hydrogen-bond donors (Lipinski definition) is 2. The number of nitrogens with one attached hydrogen (secondary N) is 2. The van der Waals surface area contributed by atoms with Crippen molar-refractivity contribution in [2.24, 2.45) is 7.05 Å². The molecule has 8 heteroatoms. The summed E-state index contributed by atoms with van der Waals surface area (Å²) in [5.74, 6) is 0. The molecular weight excluding hydrogens is 412 g/mol. The molecule has 0 fully saturated rings. The van der Waals surface area contributed by atoms with Crippen molar-refractivity contribution in [2.45, 2.75) is 11.4 Å². The highest BCUT2D eigenvalue weighted by Crippen LogP contribution is 2.35. The van der Waals surface area contributed by atoms with Crippen molar-refractivity contribution >= 4 is 26.4 Å². The lowest BCUT2D eigenvalue weighted by molar-refractivity contribution is 0.602. The van der Waals surface area contributed by atoms with Gasteiger partial charge in [-0.15, -0.1) is 0 Å². The Balaban J connectivity index is 1.83. The second kappa shape index (κ2) is 7.78. The van der Waals surface area contributed by atoms with E-state index >= 15 is 0 Å². The lowest BCUT2D eigenvalue weighted by Crippen LogP contribution is -2.07. The van der Waals surface area contributed by atoms with Gasteiger partial charge in [0, 0.05) is 54.4 Å². The van der Waals surface area contributed by atoms with E-state index in [9.17, 15) is 13.2 Å². The zero-order valence-electron chi connectivity index (χ0n) is 17.0. The lowest BCUT2D eigenvalue weighted by atomic mass is 10.0. The van der Waals surface area contributed by atoms with Crippen LogP contribution in [0.3, 0.4) is 0 Å². The summed E-state index contributed by atoms with van der Waals surface area (Å²) in [5, 5.41) is 13.1. The average Bonchev–Trinajstić information content (AvgIpc) is 3.09. The fourth-order valence-corrected chi connectivity index (χ4v) is 4.25. The first-order valence-electron chi connectivity index (χ1n) is 9.52. The summed E-state index contributed by atoms with van der Waals surface area (Å²) in [6.45, 7) is 0.488. The first-order valence-corrected chi connectivity index (χ1v) is 11.4. The minimum atomic E-state index is -3.41. The highest BCUT2D eigenvalue weighted by molar-refractivity contribution is 7.90. The van der Waals surface area contributed by atoms with Gasteiger partial charge in [-0.05, 0) is 42.0 Å². The van der Waals surface area contributed by atoms with Crippen molar-refractivity contribution < 1.29 is 8.42 Å². The smallest absolute Gasteiger partial charge is 0.272 e. The van der Waals surface area contributed by atoms with Gasteiger partial charge in [0.05, 0.1) is 16.5 Å². The summed E-state index contributed by atoms with van der Waals surface area (Å²) in [7, 11) is -1.63. The second-order valence-corrected chi connectivity index (χ2v) is 9.38. The minimum absolute atomic E-state index is 0.202. The maximum absolute atomic E-state index is 12.3. The predicted octanol–water partition coefficient (Wildman–Crippen LogP) is 3.42. The molecule has 0 bridgehead atoms. The van der Waals surface area contributed by atoms with Gasteiger partial charge in [0.15, 0.2) is 9.84 Å². The zero-order chi connectivity index (χ0) is 22.2. The number of nitriles is 1. The predicted molar refractivity (Wildman–Crippen MR) is 121 cm³/mol. The van der Waals surface area contributed by atoms with E-state index in [2.05, 4.69) is 16.4 Å². The standard InChI is InChI=1S/C23H20N4O3S/c1-27-14-20(18-9-10-25-23(28)22(18)27)19-11-17(31(2,29)30)7-8-21(19)26-13-16-5-3-15(12-24)4-6-16/h3-11,14,26H,13H2,1-2H3,(H,25,28). The van der Waals surface area contributed by atoms with Crippen molar-refractivity contribution in [1.29, 1.82) is 5.26 Å². The van der Waals surface area contributed by atoms with Crippen LogP contribution in [0.15, 0.2) is 70.6 Å². The van der Waals surface area contributed by atoms with E-state index in [0.29, 0.717) is 23.2 Å². The Morgan fingerprint density at radius 1 is 1.10 bits per heavy atom. The van der Waals surface area contributed by atoms with Gasteiger partial charge in [0.1, 0.15) is 5.52 Å². The third kappa shape index (κ3) is 3.96. The summed E-state index contributed by atoms with van der Waals surface area (Å²) < 4.78 is 26.1. The first kappa shape index (κ1) is 20.4. The summed E-state index contributed by atoms with van der Waals surface area (Å²) >= 11 is 0. The van der Waals surface area contributed by atoms with E-state index in [1.54, 1.807) is 48.1 Å². The van der Waals surface area contributed by atoms with Gasteiger partial charge in [0.2, 0.25) is 0 Å². The maximum Gasteiger partial charge on any atom is 0.272 e. The highest BCUT2D eigenvalue weighted by atomic mass is 32.2. The summed E-state index contributed by atoms with van der Waals surface area (Å²) in [6.07, 6.45) is 4.58. The summed E-state index contributed by atoms with van der Waals surface area (Å²) in [4.78, 5) is 15.2. The molecule has 0 amide bonds. The number of rotatable bonds is 5. The molecule has 4 aromatic rings. The topological polar surface area (TPSA) is 108 Å². The van der Waals surface area contributed by atoms with E-state index in [1.165, 1.54) is 6.26 Å². The molecule has 0 radical (unpaired) electrons. The number of benzene rings is 2. The number of pyridine rings is 1. The molecule has 0 aliphatic heterocycles. The number of aromatic amines is 1.